The summed E-state index contributed by atoms with van der Waals surface area (Å²) in [6.45, 7) is 18.2. The fourth-order valence-electron chi connectivity index (χ4n) is 3.71. The minimum atomic E-state index is 0. The van der Waals surface area contributed by atoms with Crippen LogP contribution in [0.4, 0.5) is 0 Å². The molecule has 2 N–H and O–H groups in total. The average molecular weight is 530 g/mol. The SMILES string of the molecule is CCN1CCN(CCCCNC(=NC)NCCc2ccc(C(C)(C)C)cc2)CC1.I. The van der Waals surface area contributed by atoms with Gasteiger partial charge in [-0.3, -0.25) is 4.99 Å². The van der Waals surface area contributed by atoms with Crippen LogP contribution >= 0.6 is 24.0 Å². The van der Waals surface area contributed by atoms with Gasteiger partial charge in [-0.25, -0.2) is 0 Å². The van der Waals surface area contributed by atoms with E-state index in [-0.39, 0.29) is 29.4 Å². The van der Waals surface area contributed by atoms with Gasteiger partial charge in [-0.1, -0.05) is 52.0 Å². The van der Waals surface area contributed by atoms with Gasteiger partial charge in [0.25, 0.3) is 0 Å². The fraction of sp³-hybridized carbons (Fsp3) is 0.708. The molecule has 1 aromatic rings. The van der Waals surface area contributed by atoms with Gasteiger partial charge in [0, 0.05) is 46.3 Å². The number of nitrogens with one attached hydrogen (secondary N) is 2. The zero-order valence-corrected chi connectivity index (χ0v) is 22.2. The van der Waals surface area contributed by atoms with Crippen LogP contribution in [0.5, 0.6) is 0 Å². The molecule has 0 unspecified atom stereocenters. The topological polar surface area (TPSA) is 42.9 Å². The van der Waals surface area contributed by atoms with Crippen LogP contribution in [0, 0.1) is 0 Å². The molecule has 1 fully saturated rings. The van der Waals surface area contributed by atoms with Gasteiger partial charge in [-0.15, -0.1) is 24.0 Å². The molecule has 5 nitrogen and oxygen atoms in total. The van der Waals surface area contributed by atoms with Crippen molar-refractivity contribution in [3.63, 3.8) is 0 Å². The van der Waals surface area contributed by atoms with Crippen molar-refractivity contribution in [2.45, 2.75) is 52.4 Å². The molecule has 2 rings (SSSR count). The lowest BCUT2D eigenvalue weighted by atomic mass is 9.86. The Kier molecular flexibility index (Phi) is 12.9. The number of hydrogen-bond acceptors (Lipinski definition) is 3. The molecule has 0 bridgehead atoms. The normalized spacial score (nSPS) is 16.2. The predicted molar refractivity (Wildman–Crippen MR) is 141 cm³/mol. The molecule has 1 aliphatic rings. The third-order valence-electron chi connectivity index (χ3n) is 5.86. The van der Waals surface area contributed by atoms with Crippen molar-refractivity contribution in [3.05, 3.63) is 35.4 Å². The van der Waals surface area contributed by atoms with Gasteiger partial charge in [0.2, 0.25) is 0 Å². The number of aliphatic imine (C=N–C) groups is 1. The van der Waals surface area contributed by atoms with E-state index in [0.29, 0.717) is 0 Å². The van der Waals surface area contributed by atoms with Crippen LogP contribution in [-0.4, -0.2) is 75.2 Å². The van der Waals surface area contributed by atoms with E-state index in [2.05, 4.69) is 77.4 Å². The second-order valence-electron chi connectivity index (χ2n) is 9.11. The summed E-state index contributed by atoms with van der Waals surface area (Å²) in [5.41, 5.74) is 2.97. The van der Waals surface area contributed by atoms with E-state index in [0.717, 1.165) is 25.5 Å². The minimum Gasteiger partial charge on any atom is -0.356 e. The molecule has 0 amide bonds. The van der Waals surface area contributed by atoms with Crippen molar-refractivity contribution in [2.75, 3.05) is 59.4 Å². The second kappa shape index (κ2) is 14.2. The molecule has 0 atom stereocenters. The standard InChI is InChI=1S/C24H43N5.HI/c1-6-28-17-19-29(20-18-28)16-8-7-14-26-23(25-5)27-15-13-21-9-11-22(12-10-21)24(2,3)4;/h9-12H,6-8,13-20H2,1-5H3,(H2,25,26,27);1H. The molecule has 1 heterocycles. The van der Waals surface area contributed by atoms with Crippen molar-refractivity contribution < 1.29 is 0 Å². The van der Waals surface area contributed by atoms with Gasteiger partial charge >= 0.3 is 0 Å². The summed E-state index contributed by atoms with van der Waals surface area (Å²) in [6.07, 6.45) is 3.44. The Bertz CT molecular complexity index is 601. The van der Waals surface area contributed by atoms with Gasteiger partial charge in [0.15, 0.2) is 5.96 Å². The highest BCUT2D eigenvalue weighted by molar-refractivity contribution is 14.0. The van der Waals surface area contributed by atoms with E-state index < -0.39 is 0 Å². The summed E-state index contributed by atoms with van der Waals surface area (Å²) in [5, 5.41) is 6.89. The lowest BCUT2D eigenvalue weighted by Gasteiger charge is -2.34. The fourth-order valence-corrected chi connectivity index (χ4v) is 3.71. The summed E-state index contributed by atoms with van der Waals surface area (Å²) in [6, 6.07) is 9.01. The first-order valence-corrected chi connectivity index (χ1v) is 11.4. The van der Waals surface area contributed by atoms with Crippen LogP contribution in [0.2, 0.25) is 0 Å². The van der Waals surface area contributed by atoms with Gasteiger partial charge in [0.1, 0.15) is 0 Å². The number of rotatable bonds is 9. The van der Waals surface area contributed by atoms with Crippen molar-refractivity contribution in [1.82, 2.24) is 20.4 Å². The molecule has 172 valence electrons. The van der Waals surface area contributed by atoms with Gasteiger partial charge < -0.3 is 20.4 Å². The van der Waals surface area contributed by atoms with E-state index in [4.69, 9.17) is 0 Å². The minimum absolute atomic E-state index is 0. The zero-order valence-electron chi connectivity index (χ0n) is 19.8. The first-order chi connectivity index (χ1) is 13.9. The average Bonchev–Trinajstić information content (AvgIpc) is 2.72. The molecule has 1 saturated heterocycles. The van der Waals surface area contributed by atoms with Crippen molar-refractivity contribution in [3.8, 4) is 0 Å². The van der Waals surface area contributed by atoms with Crippen LogP contribution in [0.25, 0.3) is 0 Å². The lowest BCUT2D eigenvalue weighted by molar-refractivity contribution is 0.136. The number of hydrogen-bond donors (Lipinski definition) is 2. The summed E-state index contributed by atoms with van der Waals surface area (Å²) in [7, 11) is 1.85. The Morgan fingerprint density at radius 3 is 2.10 bits per heavy atom. The maximum absolute atomic E-state index is 4.35. The van der Waals surface area contributed by atoms with Crippen molar-refractivity contribution in [2.24, 2.45) is 4.99 Å². The summed E-state index contributed by atoms with van der Waals surface area (Å²) < 4.78 is 0. The molecule has 1 aliphatic heterocycles. The van der Waals surface area contributed by atoms with Gasteiger partial charge in [-0.05, 0) is 48.9 Å². The lowest BCUT2D eigenvalue weighted by Crippen LogP contribution is -2.46. The van der Waals surface area contributed by atoms with Gasteiger partial charge in [0.05, 0.1) is 0 Å². The Hall–Kier alpha value is -0.860. The second-order valence-corrected chi connectivity index (χ2v) is 9.11. The van der Waals surface area contributed by atoms with Crippen LogP contribution in [-0.2, 0) is 11.8 Å². The molecular weight excluding hydrogens is 485 g/mol. The predicted octanol–water partition coefficient (Wildman–Crippen LogP) is 3.73. The molecule has 0 radical (unpaired) electrons. The van der Waals surface area contributed by atoms with Crippen molar-refractivity contribution in [1.29, 1.82) is 0 Å². The van der Waals surface area contributed by atoms with E-state index in [1.165, 1.54) is 63.2 Å². The molecule has 1 aromatic carbocycles. The molecule has 0 aliphatic carbocycles. The quantitative estimate of drug-likeness (QED) is 0.222. The largest absolute Gasteiger partial charge is 0.356 e. The van der Waals surface area contributed by atoms with Crippen molar-refractivity contribution >= 4 is 29.9 Å². The number of halogens is 1. The molecular formula is C24H44IN5. The molecule has 0 aromatic heterocycles. The first-order valence-electron chi connectivity index (χ1n) is 11.4. The highest BCUT2D eigenvalue weighted by Crippen LogP contribution is 2.22. The highest BCUT2D eigenvalue weighted by atomic mass is 127. The number of likely N-dealkylation sites (N-methyl/N-ethyl adjacent to an activating group) is 1. The Balaban J connectivity index is 0.00000450. The van der Waals surface area contributed by atoms with Crippen LogP contribution in [0.1, 0.15) is 51.7 Å². The summed E-state index contributed by atoms with van der Waals surface area (Å²) in [4.78, 5) is 9.49. The van der Waals surface area contributed by atoms with Gasteiger partial charge in [-0.2, -0.15) is 0 Å². The van der Waals surface area contributed by atoms with Crippen LogP contribution in [0.3, 0.4) is 0 Å². The first kappa shape index (κ1) is 27.2. The molecule has 0 spiro atoms. The Morgan fingerprint density at radius 1 is 0.933 bits per heavy atom. The number of piperazine rings is 1. The monoisotopic (exact) mass is 529 g/mol. The Labute approximate surface area is 202 Å². The third kappa shape index (κ3) is 9.96. The number of benzene rings is 1. The maximum atomic E-state index is 4.35. The molecule has 0 saturated carbocycles. The zero-order chi connectivity index (χ0) is 21.1. The maximum Gasteiger partial charge on any atom is 0.190 e. The smallest absolute Gasteiger partial charge is 0.190 e. The Morgan fingerprint density at radius 2 is 1.53 bits per heavy atom. The summed E-state index contributed by atoms with van der Waals surface area (Å²) >= 11 is 0. The third-order valence-corrected chi connectivity index (χ3v) is 5.86. The molecule has 30 heavy (non-hydrogen) atoms. The summed E-state index contributed by atoms with van der Waals surface area (Å²) in [5.74, 6) is 0.910. The van der Waals surface area contributed by atoms with E-state index in [1.807, 2.05) is 7.05 Å². The number of unbranched alkanes of at least 4 members (excludes halogenated alkanes) is 1. The number of nitrogens with zero attached hydrogens (tertiary/aromatic N) is 3. The molecule has 6 heteroatoms. The number of guanidine groups is 1. The van der Waals surface area contributed by atoms with E-state index in [1.54, 1.807) is 0 Å². The highest BCUT2D eigenvalue weighted by Gasteiger charge is 2.14. The van der Waals surface area contributed by atoms with E-state index >= 15 is 0 Å². The van der Waals surface area contributed by atoms with E-state index in [9.17, 15) is 0 Å². The van der Waals surface area contributed by atoms with Crippen LogP contribution < -0.4 is 10.6 Å². The van der Waals surface area contributed by atoms with Crippen LogP contribution in [0.15, 0.2) is 29.3 Å².